The van der Waals surface area contributed by atoms with Crippen molar-refractivity contribution in [1.29, 1.82) is 0 Å². The lowest BCUT2D eigenvalue weighted by atomic mass is 10.1. The van der Waals surface area contributed by atoms with Crippen LogP contribution in [0.5, 0.6) is 0 Å². The molecule has 1 aromatic carbocycles. The summed E-state index contributed by atoms with van der Waals surface area (Å²) in [6, 6.07) is 6.80. The van der Waals surface area contributed by atoms with Crippen LogP contribution in [-0.4, -0.2) is 34.2 Å². The monoisotopic (exact) mass is 278 g/mol. The van der Waals surface area contributed by atoms with Crippen molar-refractivity contribution < 1.29 is 14.7 Å². The van der Waals surface area contributed by atoms with Gasteiger partial charge in [-0.05, 0) is 11.1 Å². The van der Waals surface area contributed by atoms with Crippen LogP contribution in [-0.2, 0) is 11.2 Å². The minimum atomic E-state index is -0.605. The van der Waals surface area contributed by atoms with Gasteiger partial charge in [0, 0.05) is 12.2 Å². The van der Waals surface area contributed by atoms with Crippen LogP contribution in [0, 0.1) is 0 Å². The predicted octanol–water partition coefficient (Wildman–Crippen LogP) is 0.586. The lowest BCUT2D eigenvalue weighted by Gasteiger charge is -2.20. The highest BCUT2D eigenvalue weighted by atomic mass is 32.2. The van der Waals surface area contributed by atoms with E-state index >= 15 is 0 Å². The Balaban J connectivity index is 1.73. The van der Waals surface area contributed by atoms with E-state index in [2.05, 4.69) is 10.6 Å². The Morgan fingerprint density at radius 2 is 2.21 bits per heavy atom. The van der Waals surface area contributed by atoms with E-state index in [-0.39, 0.29) is 17.2 Å². The summed E-state index contributed by atoms with van der Waals surface area (Å²) in [6.45, 7) is 0. The SMILES string of the molecule is O=C1NC(C(=O)N[C@@H]2c3ccccc3C[C@@H]2O)CS1. The van der Waals surface area contributed by atoms with Crippen LogP contribution in [0.25, 0.3) is 0 Å². The van der Waals surface area contributed by atoms with Gasteiger partial charge >= 0.3 is 0 Å². The van der Waals surface area contributed by atoms with Crippen molar-refractivity contribution in [2.45, 2.75) is 24.6 Å². The first-order valence-corrected chi connectivity index (χ1v) is 7.13. The topological polar surface area (TPSA) is 78.4 Å². The predicted molar refractivity (Wildman–Crippen MR) is 71.8 cm³/mol. The highest BCUT2D eigenvalue weighted by molar-refractivity contribution is 8.14. The average Bonchev–Trinajstić information content (AvgIpc) is 2.95. The average molecular weight is 278 g/mol. The Bertz CT molecular complexity index is 534. The molecule has 2 amide bonds. The van der Waals surface area contributed by atoms with Crippen molar-refractivity contribution >= 4 is 22.9 Å². The van der Waals surface area contributed by atoms with Crippen molar-refractivity contribution in [2.75, 3.05) is 5.75 Å². The highest BCUT2D eigenvalue weighted by Gasteiger charge is 2.35. The quantitative estimate of drug-likeness (QED) is 0.739. The first-order chi connectivity index (χ1) is 9.15. The maximum atomic E-state index is 12.1. The van der Waals surface area contributed by atoms with Crippen LogP contribution < -0.4 is 10.6 Å². The van der Waals surface area contributed by atoms with E-state index in [4.69, 9.17) is 0 Å². The highest BCUT2D eigenvalue weighted by Crippen LogP contribution is 2.31. The normalized spacial score (nSPS) is 28.9. The number of thioether (sulfide) groups is 1. The van der Waals surface area contributed by atoms with Gasteiger partial charge in [0.1, 0.15) is 6.04 Å². The molecule has 19 heavy (non-hydrogen) atoms. The minimum absolute atomic E-state index is 0.174. The number of rotatable bonds is 2. The van der Waals surface area contributed by atoms with Gasteiger partial charge in [-0.2, -0.15) is 0 Å². The molecule has 0 bridgehead atoms. The van der Waals surface area contributed by atoms with Gasteiger partial charge in [0.2, 0.25) is 5.91 Å². The Labute approximate surface area is 114 Å². The summed E-state index contributed by atoms with van der Waals surface area (Å²) < 4.78 is 0. The number of benzene rings is 1. The van der Waals surface area contributed by atoms with Crippen molar-refractivity contribution in [2.24, 2.45) is 0 Å². The van der Waals surface area contributed by atoms with E-state index in [1.165, 1.54) is 0 Å². The molecule has 1 saturated heterocycles. The second kappa shape index (κ2) is 4.86. The zero-order valence-corrected chi connectivity index (χ0v) is 10.9. The van der Waals surface area contributed by atoms with Crippen molar-refractivity contribution in [1.82, 2.24) is 10.6 Å². The third-order valence-corrected chi connectivity index (χ3v) is 4.37. The van der Waals surface area contributed by atoms with Gasteiger partial charge in [0.15, 0.2) is 0 Å². The summed E-state index contributed by atoms with van der Waals surface area (Å²) >= 11 is 1.10. The summed E-state index contributed by atoms with van der Waals surface area (Å²) in [6.07, 6.45) is -0.0569. The summed E-state index contributed by atoms with van der Waals surface area (Å²) in [5.41, 5.74) is 2.02. The number of hydrogen-bond acceptors (Lipinski definition) is 4. The van der Waals surface area contributed by atoms with E-state index in [9.17, 15) is 14.7 Å². The molecule has 0 radical (unpaired) electrons. The first kappa shape index (κ1) is 12.5. The standard InChI is InChI=1S/C13H14N2O3S/c16-10-5-7-3-1-2-4-8(7)11(10)15-12(17)9-6-19-13(18)14-9/h1-4,9-11,16H,5-6H2,(H,14,18)(H,15,17)/t9?,10-,11+/m0/s1. The fourth-order valence-electron chi connectivity index (χ4n) is 2.53. The first-order valence-electron chi connectivity index (χ1n) is 6.14. The van der Waals surface area contributed by atoms with Gasteiger partial charge in [0.25, 0.3) is 5.24 Å². The smallest absolute Gasteiger partial charge is 0.279 e. The van der Waals surface area contributed by atoms with E-state index in [1.807, 2.05) is 24.3 Å². The molecule has 2 aliphatic rings. The molecular weight excluding hydrogens is 264 g/mol. The van der Waals surface area contributed by atoms with Crippen LogP contribution in [0.3, 0.4) is 0 Å². The second-order valence-electron chi connectivity index (χ2n) is 4.75. The largest absolute Gasteiger partial charge is 0.390 e. The summed E-state index contributed by atoms with van der Waals surface area (Å²) in [7, 11) is 0. The van der Waals surface area contributed by atoms with Gasteiger partial charge < -0.3 is 15.7 Å². The molecule has 5 nitrogen and oxygen atoms in total. The van der Waals surface area contributed by atoms with Crippen LogP contribution in [0.15, 0.2) is 24.3 Å². The van der Waals surface area contributed by atoms with Gasteiger partial charge in [-0.15, -0.1) is 0 Å². The van der Waals surface area contributed by atoms with Crippen LogP contribution in [0.1, 0.15) is 17.2 Å². The van der Waals surface area contributed by atoms with Gasteiger partial charge in [-0.3, -0.25) is 9.59 Å². The van der Waals surface area contributed by atoms with Gasteiger partial charge in [-0.1, -0.05) is 36.0 Å². The molecule has 1 aromatic rings. The number of aliphatic hydroxyl groups is 1. The Morgan fingerprint density at radius 3 is 2.95 bits per heavy atom. The molecule has 0 spiro atoms. The van der Waals surface area contributed by atoms with Crippen molar-refractivity contribution in [3.63, 3.8) is 0 Å². The van der Waals surface area contributed by atoms with Crippen LogP contribution in [0.2, 0.25) is 0 Å². The van der Waals surface area contributed by atoms with Gasteiger partial charge in [-0.25, -0.2) is 0 Å². The molecular formula is C13H14N2O3S. The fourth-order valence-corrected chi connectivity index (χ4v) is 3.31. The Hall–Kier alpha value is -1.53. The maximum absolute atomic E-state index is 12.1. The van der Waals surface area contributed by atoms with Crippen LogP contribution in [0.4, 0.5) is 4.79 Å². The molecule has 3 atom stereocenters. The van der Waals surface area contributed by atoms with Crippen LogP contribution >= 0.6 is 11.8 Å². The number of fused-ring (bicyclic) bond motifs is 1. The lowest BCUT2D eigenvalue weighted by molar-refractivity contribution is -0.123. The summed E-state index contributed by atoms with van der Waals surface area (Å²) in [4.78, 5) is 23.1. The Kier molecular flexibility index (Phi) is 3.20. The summed E-state index contributed by atoms with van der Waals surface area (Å²) in [5.74, 6) is 0.203. The number of hydrogen-bond donors (Lipinski definition) is 3. The maximum Gasteiger partial charge on any atom is 0.279 e. The lowest BCUT2D eigenvalue weighted by Crippen LogP contribution is -2.45. The second-order valence-corrected chi connectivity index (χ2v) is 5.74. The van der Waals surface area contributed by atoms with E-state index < -0.39 is 12.1 Å². The molecule has 3 rings (SSSR count). The molecule has 1 unspecified atom stereocenters. The Morgan fingerprint density at radius 1 is 1.42 bits per heavy atom. The number of aliphatic hydroxyl groups excluding tert-OH is 1. The molecule has 0 aromatic heterocycles. The van der Waals surface area contributed by atoms with Crippen molar-refractivity contribution in [3.8, 4) is 0 Å². The molecule has 3 N–H and O–H groups in total. The molecule has 1 fully saturated rings. The third-order valence-electron chi connectivity index (χ3n) is 3.49. The molecule has 1 aliphatic heterocycles. The number of amides is 2. The van der Waals surface area contributed by atoms with E-state index in [1.54, 1.807) is 0 Å². The zero-order valence-electron chi connectivity index (χ0n) is 10.1. The van der Waals surface area contributed by atoms with E-state index in [0.717, 1.165) is 22.9 Å². The van der Waals surface area contributed by atoms with Gasteiger partial charge in [0.05, 0.1) is 12.1 Å². The number of nitrogens with one attached hydrogen (secondary N) is 2. The number of carbonyl (C=O) groups excluding carboxylic acids is 2. The molecule has 6 heteroatoms. The molecule has 1 aliphatic carbocycles. The zero-order chi connectivity index (χ0) is 13.4. The minimum Gasteiger partial charge on any atom is -0.390 e. The summed E-state index contributed by atoms with van der Waals surface area (Å²) in [5, 5.41) is 15.3. The van der Waals surface area contributed by atoms with Crippen molar-refractivity contribution in [3.05, 3.63) is 35.4 Å². The number of carbonyl (C=O) groups is 2. The molecule has 1 heterocycles. The molecule has 0 saturated carbocycles. The fraction of sp³-hybridized carbons (Fsp3) is 0.385. The molecule has 100 valence electrons. The van der Waals surface area contributed by atoms with E-state index in [0.29, 0.717) is 12.2 Å². The third kappa shape index (κ3) is 2.33.